The molecule has 126 valence electrons. The minimum absolute atomic E-state index is 0.365. The Morgan fingerprint density at radius 1 is 1.25 bits per heavy atom. The average molecular weight is 359 g/mol. The van der Waals surface area contributed by atoms with Crippen molar-refractivity contribution in [3.63, 3.8) is 0 Å². The van der Waals surface area contributed by atoms with Crippen molar-refractivity contribution in [3.05, 3.63) is 29.2 Å². The van der Waals surface area contributed by atoms with Gasteiger partial charge in [-0.05, 0) is 47.9 Å². The zero-order chi connectivity index (χ0) is 16.9. The van der Waals surface area contributed by atoms with E-state index in [0.29, 0.717) is 5.41 Å². The first-order chi connectivity index (χ1) is 11.4. The molecule has 6 heteroatoms. The molecule has 4 rings (SSSR count). The lowest BCUT2D eigenvalue weighted by Crippen LogP contribution is -2.26. The normalized spacial score (nSPS) is 18.1. The van der Waals surface area contributed by atoms with Gasteiger partial charge in [0.1, 0.15) is 16.2 Å². The van der Waals surface area contributed by atoms with Gasteiger partial charge < -0.3 is 4.57 Å². The van der Waals surface area contributed by atoms with E-state index < -0.39 is 0 Å². The number of aryl methyl sites for hydroxylation is 2. The van der Waals surface area contributed by atoms with Crippen molar-refractivity contribution in [2.24, 2.45) is 18.4 Å². The lowest BCUT2D eigenvalue weighted by molar-refractivity contribution is 0.218. The van der Waals surface area contributed by atoms with Crippen LogP contribution in [0.5, 0.6) is 0 Å². The summed E-state index contributed by atoms with van der Waals surface area (Å²) in [6.07, 6.45) is 9.06. The highest BCUT2D eigenvalue weighted by atomic mass is 32.2. The molecule has 0 aromatic carbocycles. The Balaban J connectivity index is 1.76. The summed E-state index contributed by atoms with van der Waals surface area (Å²) in [4.78, 5) is 16.2. The van der Waals surface area contributed by atoms with Crippen LogP contribution >= 0.6 is 23.1 Å². The standard InChI is InChI=1S/C18H22N4S2/c1-18(2,3)11-5-6-12-13(9-11)23-15-14(12)16(21-10-20-15)24-17-19-7-8-22(17)4/h7-8,10-11H,5-6,9H2,1-4H3. The van der Waals surface area contributed by atoms with E-state index in [0.717, 1.165) is 27.4 Å². The maximum atomic E-state index is 4.58. The molecule has 0 saturated heterocycles. The molecule has 3 aromatic heterocycles. The lowest BCUT2D eigenvalue weighted by atomic mass is 9.72. The fourth-order valence-electron chi connectivity index (χ4n) is 3.43. The first-order valence-corrected chi connectivity index (χ1v) is 9.97. The molecule has 3 heterocycles. The van der Waals surface area contributed by atoms with Gasteiger partial charge >= 0.3 is 0 Å². The highest BCUT2D eigenvalue weighted by Gasteiger charge is 2.31. The van der Waals surface area contributed by atoms with E-state index >= 15 is 0 Å². The molecule has 0 fully saturated rings. The zero-order valence-electron chi connectivity index (χ0n) is 14.5. The van der Waals surface area contributed by atoms with Gasteiger partial charge in [0.15, 0.2) is 5.16 Å². The second-order valence-electron chi connectivity index (χ2n) is 7.59. The molecular formula is C18H22N4S2. The number of imidazole rings is 1. The first kappa shape index (κ1) is 16.1. The molecular weight excluding hydrogens is 336 g/mol. The number of hydrogen-bond donors (Lipinski definition) is 0. The van der Waals surface area contributed by atoms with Crippen LogP contribution in [0.3, 0.4) is 0 Å². The lowest BCUT2D eigenvalue weighted by Gasteiger charge is -2.33. The van der Waals surface area contributed by atoms with Crippen molar-refractivity contribution < 1.29 is 0 Å². The van der Waals surface area contributed by atoms with E-state index in [2.05, 4.69) is 35.7 Å². The SMILES string of the molecule is Cn1ccnc1Sc1ncnc2sc3c(c12)CCC(C(C)(C)C)C3. The monoisotopic (exact) mass is 358 g/mol. The van der Waals surface area contributed by atoms with Crippen LogP contribution in [0, 0.1) is 11.3 Å². The third-order valence-electron chi connectivity index (χ3n) is 5.00. The number of thiophene rings is 1. The van der Waals surface area contributed by atoms with Crippen LogP contribution in [-0.4, -0.2) is 19.5 Å². The van der Waals surface area contributed by atoms with Crippen molar-refractivity contribution >= 4 is 33.3 Å². The second-order valence-corrected chi connectivity index (χ2v) is 9.63. The average Bonchev–Trinajstić information content (AvgIpc) is 3.10. The summed E-state index contributed by atoms with van der Waals surface area (Å²) in [5, 5.41) is 3.28. The zero-order valence-corrected chi connectivity index (χ0v) is 16.2. The highest BCUT2D eigenvalue weighted by molar-refractivity contribution is 7.99. The van der Waals surface area contributed by atoms with E-state index in [1.165, 1.54) is 28.7 Å². The van der Waals surface area contributed by atoms with Gasteiger partial charge in [0, 0.05) is 29.7 Å². The summed E-state index contributed by atoms with van der Waals surface area (Å²) in [6.45, 7) is 7.08. The molecule has 1 aliphatic rings. The predicted octanol–water partition coefficient (Wildman–Crippen LogP) is 4.73. The Morgan fingerprint density at radius 3 is 2.79 bits per heavy atom. The summed E-state index contributed by atoms with van der Waals surface area (Å²) in [5.41, 5.74) is 1.84. The van der Waals surface area contributed by atoms with E-state index in [1.807, 2.05) is 35.3 Å². The van der Waals surface area contributed by atoms with Crippen LogP contribution in [0.15, 0.2) is 28.9 Å². The molecule has 3 aromatic rings. The first-order valence-electron chi connectivity index (χ1n) is 8.34. The van der Waals surface area contributed by atoms with E-state index in [4.69, 9.17) is 0 Å². The van der Waals surface area contributed by atoms with Gasteiger partial charge in [-0.3, -0.25) is 0 Å². The summed E-state index contributed by atoms with van der Waals surface area (Å²) in [7, 11) is 2.02. The maximum Gasteiger partial charge on any atom is 0.174 e. The predicted molar refractivity (Wildman–Crippen MR) is 99.7 cm³/mol. The minimum atomic E-state index is 0.365. The van der Waals surface area contributed by atoms with Crippen molar-refractivity contribution in [3.8, 4) is 0 Å². The van der Waals surface area contributed by atoms with Gasteiger partial charge in [-0.25, -0.2) is 15.0 Å². The number of hydrogen-bond acceptors (Lipinski definition) is 5. The van der Waals surface area contributed by atoms with Crippen LogP contribution in [0.2, 0.25) is 0 Å². The molecule has 1 aliphatic carbocycles. The Bertz CT molecular complexity index is 888. The maximum absolute atomic E-state index is 4.58. The number of fused-ring (bicyclic) bond motifs is 3. The Kier molecular flexibility index (Phi) is 3.92. The molecule has 0 saturated carbocycles. The number of nitrogens with zero attached hydrogens (tertiary/aromatic N) is 4. The highest BCUT2D eigenvalue weighted by Crippen LogP contribution is 2.45. The van der Waals surface area contributed by atoms with E-state index in [1.54, 1.807) is 18.1 Å². The van der Waals surface area contributed by atoms with E-state index in [-0.39, 0.29) is 0 Å². The third-order valence-corrected chi connectivity index (χ3v) is 7.24. The quantitative estimate of drug-likeness (QED) is 0.621. The molecule has 0 aliphatic heterocycles. The number of aromatic nitrogens is 4. The molecule has 0 spiro atoms. The van der Waals surface area contributed by atoms with Gasteiger partial charge in [0.25, 0.3) is 0 Å². The van der Waals surface area contributed by atoms with Gasteiger partial charge in [-0.2, -0.15) is 0 Å². The van der Waals surface area contributed by atoms with Crippen molar-refractivity contribution in [2.75, 3.05) is 0 Å². The Labute approximate surface area is 150 Å². The van der Waals surface area contributed by atoms with Crippen LogP contribution in [0.4, 0.5) is 0 Å². The third kappa shape index (κ3) is 2.75. The largest absolute Gasteiger partial charge is 0.329 e. The Morgan fingerprint density at radius 2 is 2.08 bits per heavy atom. The summed E-state index contributed by atoms with van der Waals surface area (Å²) < 4.78 is 2.03. The number of rotatable bonds is 2. The minimum Gasteiger partial charge on any atom is -0.329 e. The smallest absolute Gasteiger partial charge is 0.174 e. The summed E-state index contributed by atoms with van der Waals surface area (Å²) >= 11 is 3.50. The molecule has 0 radical (unpaired) electrons. The van der Waals surface area contributed by atoms with Gasteiger partial charge in [-0.1, -0.05) is 20.8 Å². The van der Waals surface area contributed by atoms with Crippen molar-refractivity contribution in [1.82, 2.24) is 19.5 Å². The fraction of sp³-hybridized carbons (Fsp3) is 0.500. The molecule has 0 amide bonds. The van der Waals surface area contributed by atoms with Crippen molar-refractivity contribution in [2.45, 2.75) is 50.2 Å². The summed E-state index contributed by atoms with van der Waals surface area (Å²) in [6, 6.07) is 0. The molecule has 0 bridgehead atoms. The van der Waals surface area contributed by atoms with Gasteiger partial charge in [0.2, 0.25) is 0 Å². The van der Waals surface area contributed by atoms with Crippen molar-refractivity contribution in [1.29, 1.82) is 0 Å². The van der Waals surface area contributed by atoms with Crippen LogP contribution in [0.1, 0.15) is 37.6 Å². The molecule has 1 unspecified atom stereocenters. The molecule has 4 nitrogen and oxygen atoms in total. The molecule has 24 heavy (non-hydrogen) atoms. The van der Waals surface area contributed by atoms with Crippen LogP contribution < -0.4 is 0 Å². The Hall–Kier alpha value is -1.40. The summed E-state index contributed by atoms with van der Waals surface area (Å²) in [5.74, 6) is 0.747. The van der Waals surface area contributed by atoms with Crippen LogP contribution in [0.25, 0.3) is 10.2 Å². The van der Waals surface area contributed by atoms with Gasteiger partial charge in [-0.15, -0.1) is 11.3 Å². The van der Waals surface area contributed by atoms with E-state index in [9.17, 15) is 0 Å². The van der Waals surface area contributed by atoms with Crippen LogP contribution in [-0.2, 0) is 19.9 Å². The molecule has 0 N–H and O–H groups in total. The molecule has 1 atom stereocenters. The second kappa shape index (κ2) is 5.85. The van der Waals surface area contributed by atoms with Gasteiger partial charge in [0.05, 0.1) is 0 Å². The fourth-order valence-corrected chi connectivity index (χ4v) is 5.68. The topological polar surface area (TPSA) is 43.6 Å².